The second-order valence-corrected chi connectivity index (χ2v) is 6.64. The third-order valence-corrected chi connectivity index (χ3v) is 4.89. The molecule has 0 fully saturated rings. The van der Waals surface area contributed by atoms with E-state index in [0.29, 0.717) is 16.3 Å². The Hall–Kier alpha value is -4.46. The molecular weight excluding hydrogens is 413 g/mol. The summed E-state index contributed by atoms with van der Waals surface area (Å²) in [5.74, 6) is -2.68. The largest absolute Gasteiger partial charge is 0.618 e. The van der Waals surface area contributed by atoms with Gasteiger partial charge in [-0.15, -0.1) is 0 Å². The number of nitrogens with zero attached hydrogens (tertiary/aromatic N) is 6. The van der Waals surface area contributed by atoms with E-state index in [1.165, 1.54) is 23.7 Å². The standard InChI is InChI=1S/C20H9F3N6O2/c1-9-17-16(19-26-20(31-27-19)11-3-2-10(21)6-14(11)23)25-8-28(17)15-5-4-13(22)12(7-24)18(15)29(9)30/h2-6,8H,1H3. The molecule has 31 heavy (non-hydrogen) atoms. The topological polar surface area (TPSA) is 107 Å². The first-order valence-corrected chi connectivity index (χ1v) is 8.81. The van der Waals surface area contributed by atoms with Crippen LogP contribution in [0.25, 0.3) is 39.5 Å². The lowest BCUT2D eigenvalue weighted by Crippen LogP contribution is -2.33. The molecule has 11 heteroatoms. The molecule has 2 aromatic carbocycles. The zero-order valence-electron chi connectivity index (χ0n) is 15.6. The van der Waals surface area contributed by atoms with Crippen LogP contribution in [0.1, 0.15) is 11.3 Å². The summed E-state index contributed by atoms with van der Waals surface area (Å²) in [5, 5.41) is 26.0. The van der Waals surface area contributed by atoms with Crippen molar-refractivity contribution in [2.45, 2.75) is 6.92 Å². The first kappa shape index (κ1) is 18.6. The van der Waals surface area contributed by atoms with Gasteiger partial charge in [-0.05, 0) is 24.3 Å². The maximum atomic E-state index is 14.0. The first-order chi connectivity index (χ1) is 14.9. The number of hydrogen-bond acceptors (Lipinski definition) is 6. The fraction of sp³-hybridized carbons (Fsp3) is 0.0500. The minimum atomic E-state index is -0.879. The Morgan fingerprint density at radius 3 is 2.71 bits per heavy atom. The van der Waals surface area contributed by atoms with Crippen LogP contribution in [0.5, 0.6) is 0 Å². The van der Waals surface area contributed by atoms with Crippen molar-refractivity contribution in [2.75, 3.05) is 0 Å². The summed E-state index contributed by atoms with van der Waals surface area (Å²) in [5.41, 5.74) is 0.190. The van der Waals surface area contributed by atoms with Crippen molar-refractivity contribution >= 4 is 16.6 Å². The lowest BCUT2D eigenvalue weighted by molar-refractivity contribution is -0.583. The molecule has 0 radical (unpaired) electrons. The second-order valence-electron chi connectivity index (χ2n) is 6.64. The highest BCUT2D eigenvalue weighted by Gasteiger charge is 2.26. The summed E-state index contributed by atoms with van der Waals surface area (Å²) in [6.07, 6.45) is 1.37. The molecule has 5 rings (SSSR count). The molecule has 152 valence electrons. The van der Waals surface area contributed by atoms with Crippen LogP contribution in [0.2, 0.25) is 0 Å². The molecule has 0 atom stereocenters. The van der Waals surface area contributed by atoms with E-state index >= 15 is 0 Å². The van der Waals surface area contributed by atoms with E-state index in [0.717, 1.165) is 18.2 Å². The van der Waals surface area contributed by atoms with Crippen LogP contribution >= 0.6 is 0 Å². The number of halogens is 3. The minimum Gasteiger partial charge on any atom is -0.618 e. The number of benzene rings is 2. The molecule has 0 spiro atoms. The van der Waals surface area contributed by atoms with Gasteiger partial charge in [0, 0.05) is 13.0 Å². The zero-order valence-corrected chi connectivity index (χ0v) is 15.6. The molecule has 8 nitrogen and oxygen atoms in total. The molecular formula is C20H9F3N6O2. The second kappa shape index (κ2) is 6.53. The average Bonchev–Trinajstić information content (AvgIpc) is 3.39. The van der Waals surface area contributed by atoms with Gasteiger partial charge >= 0.3 is 0 Å². The highest BCUT2D eigenvalue weighted by Crippen LogP contribution is 2.29. The van der Waals surface area contributed by atoms with Crippen molar-refractivity contribution in [2.24, 2.45) is 0 Å². The number of fused-ring (bicyclic) bond motifs is 3. The van der Waals surface area contributed by atoms with Gasteiger partial charge in [0.15, 0.2) is 5.56 Å². The number of aromatic nitrogens is 5. The minimum absolute atomic E-state index is 0.0358. The Labute approximate surface area is 171 Å². The molecule has 0 N–H and O–H groups in total. The molecule has 0 saturated carbocycles. The highest BCUT2D eigenvalue weighted by atomic mass is 19.1. The Balaban J connectivity index is 1.75. The van der Waals surface area contributed by atoms with Crippen LogP contribution in [0.4, 0.5) is 13.2 Å². The summed E-state index contributed by atoms with van der Waals surface area (Å²) in [7, 11) is 0. The lowest BCUT2D eigenvalue weighted by atomic mass is 10.1. The van der Waals surface area contributed by atoms with Gasteiger partial charge in [-0.2, -0.15) is 15.0 Å². The summed E-state index contributed by atoms with van der Waals surface area (Å²) >= 11 is 0. The monoisotopic (exact) mass is 422 g/mol. The van der Waals surface area contributed by atoms with Crippen molar-refractivity contribution in [3.8, 4) is 29.0 Å². The predicted molar refractivity (Wildman–Crippen MR) is 99.7 cm³/mol. The maximum Gasteiger partial charge on any atom is 0.262 e. The van der Waals surface area contributed by atoms with Crippen molar-refractivity contribution in [1.82, 2.24) is 19.5 Å². The van der Waals surface area contributed by atoms with Crippen LogP contribution in [-0.2, 0) is 0 Å². The molecule has 0 saturated heterocycles. The van der Waals surface area contributed by atoms with Crippen molar-refractivity contribution in [3.05, 3.63) is 70.6 Å². The van der Waals surface area contributed by atoms with Crippen LogP contribution in [0.15, 0.2) is 41.2 Å². The van der Waals surface area contributed by atoms with Gasteiger partial charge in [-0.1, -0.05) is 5.16 Å². The third-order valence-electron chi connectivity index (χ3n) is 4.89. The number of nitriles is 1. The molecule has 0 aliphatic carbocycles. The number of imidazole rings is 1. The van der Waals surface area contributed by atoms with Gasteiger partial charge in [0.1, 0.15) is 46.6 Å². The van der Waals surface area contributed by atoms with Gasteiger partial charge in [-0.25, -0.2) is 18.2 Å². The molecule has 5 aromatic rings. The van der Waals surface area contributed by atoms with Gasteiger partial charge in [0.05, 0.1) is 5.56 Å². The Bertz CT molecular complexity index is 1570. The SMILES string of the molecule is Cc1c2c(-c3noc(-c4ccc(F)cc4F)n3)ncn2c2ccc(F)c(C#N)c2[n+]1[O-]. The van der Waals surface area contributed by atoms with E-state index < -0.39 is 17.5 Å². The van der Waals surface area contributed by atoms with Crippen LogP contribution < -0.4 is 4.73 Å². The molecule has 0 aliphatic heterocycles. The quantitative estimate of drug-likeness (QED) is 0.319. The molecule has 0 unspecified atom stereocenters. The van der Waals surface area contributed by atoms with Crippen molar-refractivity contribution in [1.29, 1.82) is 5.26 Å². The zero-order chi connectivity index (χ0) is 21.9. The predicted octanol–water partition coefficient (Wildman–Crippen LogP) is 3.44. The number of hydrogen-bond donors (Lipinski definition) is 0. The molecule has 3 heterocycles. The summed E-state index contributed by atoms with van der Waals surface area (Å²) < 4.78 is 48.3. The molecule has 0 aliphatic rings. The van der Waals surface area contributed by atoms with Gasteiger partial charge in [-0.3, -0.25) is 4.40 Å². The summed E-state index contributed by atoms with van der Waals surface area (Å²) in [6.45, 7) is 1.47. The van der Waals surface area contributed by atoms with E-state index in [4.69, 9.17) is 4.52 Å². The first-order valence-electron chi connectivity index (χ1n) is 8.81. The third kappa shape index (κ3) is 2.62. The Morgan fingerprint density at radius 2 is 1.97 bits per heavy atom. The van der Waals surface area contributed by atoms with Crippen LogP contribution in [0, 0.1) is 40.9 Å². The highest BCUT2D eigenvalue weighted by molar-refractivity contribution is 5.85. The normalized spacial score (nSPS) is 11.3. The average molecular weight is 422 g/mol. The summed E-state index contributed by atoms with van der Waals surface area (Å²) in [4.78, 5) is 8.36. The van der Waals surface area contributed by atoms with Crippen LogP contribution in [-0.4, -0.2) is 19.5 Å². The maximum absolute atomic E-state index is 14.0. The molecule has 0 bridgehead atoms. The smallest absolute Gasteiger partial charge is 0.262 e. The Morgan fingerprint density at radius 1 is 1.16 bits per heavy atom. The van der Waals surface area contributed by atoms with Gasteiger partial charge in [0.25, 0.3) is 11.4 Å². The van der Waals surface area contributed by atoms with Crippen molar-refractivity contribution < 1.29 is 22.4 Å². The van der Waals surface area contributed by atoms with Crippen LogP contribution in [0.3, 0.4) is 0 Å². The summed E-state index contributed by atoms with van der Waals surface area (Å²) in [6, 6.07) is 7.05. The Kier molecular flexibility index (Phi) is 3.91. The van der Waals surface area contributed by atoms with Gasteiger partial charge < -0.3 is 9.73 Å². The van der Waals surface area contributed by atoms with Crippen molar-refractivity contribution in [3.63, 3.8) is 0 Å². The lowest BCUT2D eigenvalue weighted by Gasteiger charge is -2.09. The molecule has 3 aromatic heterocycles. The van der Waals surface area contributed by atoms with E-state index in [2.05, 4.69) is 15.1 Å². The number of aryl methyl sites for hydroxylation is 1. The molecule has 0 amide bonds. The van der Waals surface area contributed by atoms with E-state index in [1.54, 1.807) is 6.07 Å². The van der Waals surface area contributed by atoms with E-state index in [1.807, 2.05) is 0 Å². The fourth-order valence-electron chi connectivity index (χ4n) is 3.46. The fourth-order valence-corrected chi connectivity index (χ4v) is 3.46. The van der Waals surface area contributed by atoms with Gasteiger partial charge in [0.2, 0.25) is 11.5 Å². The van der Waals surface area contributed by atoms with E-state index in [9.17, 15) is 23.6 Å². The van der Waals surface area contributed by atoms with E-state index in [-0.39, 0.29) is 45.3 Å². The number of rotatable bonds is 2.